The second-order valence-electron chi connectivity index (χ2n) is 8.59. The van der Waals surface area contributed by atoms with Crippen molar-refractivity contribution in [1.82, 2.24) is 0 Å². The Balaban J connectivity index is 0.00000289. The smallest absolute Gasteiger partial charge is 0.0962 e. The molecule has 0 aliphatic heterocycles. The average molecular weight is 513 g/mol. The van der Waals surface area contributed by atoms with Crippen LogP contribution >= 0.6 is 15.8 Å². The Labute approximate surface area is 207 Å². The fraction of sp³-hybridized carbons (Fsp3) is 0.107. The first-order chi connectivity index (χ1) is 15.1. The molecule has 4 heteroatoms. The van der Waals surface area contributed by atoms with E-state index in [1.807, 2.05) is 0 Å². The first-order valence-electron chi connectivity index (χ1n) is 10.9. The summed E-state index contributed by atoms with van der Waals surface area (Å²) in [5.41, 5.74) is 0. The predicted molar refractivity (Wildman–Crippen MR) is 148 cm³/mol. The molecule has 0 aromatic heterocycles. The number of rotatable bonds is 8. The maximum Gasteiger partial charge on any atom is 0.0962 e. The second kappa shape index (κ2) is 12.1. The average Bonchev–Trinajstić information content (AvgIpc) is 2.83. The van der Waals surface area contributed by atoms with E-state index in [1.165, 1.54) is 32.8 Å². The topological polar surface area (TPSA) is 0 Å². The molecule has 32 heavy (non-hydrogen) atoms. The van der Waals surface area contributed by atoms with E-state index in [4.69, 9.17) is 6.55 Å². The minimum Gasteiger partial charge on any atom is -0.335 e. The molecule has 0 aliphatic rings. The van der Waals surface area contributed by atoms with Gasteiger partial charge < -0.3 is 6.55 Å². The molecule has 4 aromatic rings. The van der Waals surface area contributed by atoms with Crippen LogP contribution in [0.5, 0.6) is 0 Å². The van der Waals surface area contributed by atoms with Gasteiger partial charge in [0.1, 0.15) is 0 Å². The quantitative estimate of drug-likeness (QED) is 0.172. The molecule has 0 unspecified atom stereocenters. The standard InChI is InChI=1S/C28H29P2Si.Mn/c1-31(2,23-29(25-15-7-3-8-16-25)26-17-9-4-10-18-26)24-30(27-19-11-5-12-20-27)28-21-13-6-14-22-28;/h3-22H,1,23-24H2,2H3;/q-1;/p+2. The van der Waals surface area contributed by atoms with E-state index in [9.17, 15) is 0 Å². The molecule has 0 heterocycles. The van der Waals surface area contributed by atoms with E-state index in [-0.39, 0.29) is 17.1 Å². The van der Waals surface area contributed by atoms with Gasteiger partial charge in [-0.2, -0.15) is 0 Å². The van der Waals surface area contributed by atoms with Crippen LogP contribution in [0.15, 0.2) is 121 Å². The molecule has 0 atom stereocenters. The molecule has 1 radical (unpaired) electrons. The molecule has 0 N–H and O–H groups in total. The summed E-state index contributed by atoms with van der Waals surface area (Å²) in [6.07, 6.45) is 0. The predicted octanol–water partition coefficient (Wildman–Crippen LogP) is 5.24. The van der Waals surface area contributed by atoms with Crippen LogP contribution in [-0.4, -0.2) is 19.6 Å². The van der Waals surface area contributed by atoms with Crippen LogP contribution in [0.4, 0.5) is 0 Å². The van der Waals surface area contributed by atoms with Crippen LogP contribution < -0.4 is 21.2 Å². The third kappa shape index (κ3) is 6.74. The number of hydrogen-bond acceptors (Lipinski definition) is 0. The Bertz CT molecular complexity index is 892. The van der Waals surface area contributed by atoms with Gasteiger partial charge in [0.2, 0.25) is 0 Å². The SMILES string of the molecule is [CH2-][Si](C)(C[PH+](c1ccccc1)c1ccccc1)C[PH+](c1ccccc1)c1ccccc1.[Mn]. The van der Waals surface area contributed by atoms with E-state index in [2.05, 4.69) is 128 Å². The van der Waals surface area contributed by atoms with Gasteiger partial charge in [0.15, 0.2) is 0 Å². The van der Waals surface area contributed by atoms with Crippen molar-refractivity contribution in [1.29, 1.82) is 0 Å². The second-order valence-corrected chi connectivity index (χ2v) is 19.3. The van der Waals surface area contributed by atoms with Crippen molar-refractivity contribution in [2.75, 3.05) is 11.6 Å². The Morgan fingerprint density at radius 2 is 0.719 bits per heavy atom. The van der Waals surface area contributed by atoms with Gasteiger partial charge >= 0.3 is 0 Å². The molecule has 0 nitrogen and oxygen atoms in total. The van der Waals surface area contributed by atoms with Gasteiger partial charge in [0.25, 0.3) is 0 Å². The van der Waals surface area contributed by atoms with E-state index in [0.29, 0.717) is 0 Å². The van der Waals surface area contributed by atoms with Gasteiger partial charge in [-0.15, -0.1) is 0 Å². The van der Waals surface area contributed by atoms with E-state index in [1.54, 1.807) is 0 Å². The molecule has 0 amide bonds. The molecule has 0 bridgehead atoms. The number of hydrogen-bond donors (Lipinski definition) is 0. The molecule has 4 rings (SSSR count). The van der Waals surface area contributed by atoms with Gasteiger partial charge in [-0.3, -0.25) is 0 Å². The van der Waals surface area contributed by atoms with Crippen LogP contribution in [0.25, 0.3) is 0 Å². The fourth-order valence-electron chi connectivity index (χ4n) is 4.21. The first-order valence-corrected chi connectivity index (χ1v) is 17.4. The molecule has 0 saturated carbocycles. The molecule has 4 aromatic carbocycles. The van der Waals surface area contributed by atoms with Crippen LogP contribution in [0, 0.1) is 6.55 Å². The Morgan fingerprint density at radius 1 is 0.500 bits per heavy atom. The van der Waals surface area contributed by atoms with Crippen molar-refractivity contribution in [3.8, 4) is 0 Å². The van der Waals surface area contributed by atoms with Crippen molar-refractivity contribution in [2.45, 2.75) is 6.55 Å². The molecule has 163 valence electrons. The largest absolute Gasteiger partial charge is 0.335 e. The molecular weight excluding hydrogens is 481 g/mol. The van der Waals surface area contributed by atoms with Crippen LogP contribution in [0.3, 0.4) is 0 Å². The maximum atomic E-state index is 4.94. The van der Waals surface area contributed by atoms with E-state index in [0.717, 1.165) is 0 Å². The molecule has 0 aliphatic carbocycles. The van der Waals surface area contributed by atoms with E-state index >= 15 is 0 Å². The summed E-state index contributed by atoms with van der Waals surface area (Å²) in [5.74, 6) is 2.53. The normalized spacial score (nSPS) is 11.4. The van der Waals surface area contributed by atoms with E-state index < -0.39 is 23.9 Å². The van der Waals surface area contributed by atoms with Crippen molar-refractivity contribution >= 4 is 45.1 Å². The van der Waals surface area contributed by atoms with Crippen LogP contribution in [0.2, 0.25) is 6.55 Å². The summed E-state index contributed by atoms with van der Waals surface area (Å²) in [4.78, 5) is 0. The third-order valence-electron chi connectivity index (χ3n) is 5.70. The number of benzene rings is 4. The third-order valence-corrected chi connectivity index (χ3v) is 19.5. The molecule has 0 fully saturated rings. The van der Waals surface area contributed by atoms with Crippen molar-refractivity contribution in [2.24, 2.45) is 0 Å². The maximum absolute atomic E-state index is 4.94. The van der Waals surface area contributed by atoms with Crippen molar-refractivity contribution < 1.29 is 17.1 Å². The van der Waals surface area contributed by atoms with Gasteiger partial charge in [0, 0.05) is 28.6 Å². The van der Waals surface area contributed by atoms with Gasteiger partial charge in [-0.25, -0.2) is 0 Å². The van der Waals surface area contributed by atoms with Gasteiger partial charge in [-0.1, -0.05) is 79.3 Å². The summed E-state index contributed by atoms with van der Waals surface area (Å²) >= 11 is 0. The molecule has 0 spiro atoms. The first kappa shape index (κ1) is 25.1. The minimum absolute atomic E-state index is 0. The minimum atomic E-state index is -1.72. The van der Waals surface area contributed by atoms with Crippen molar-refractivity contribution in [3.63, 3.8) is 0 Å². The molecule has 0 saturated heterocycles. The monoisotopic (exact) mass is 512 g/mol. The van der Waals surface area contributed by atoms with Gasteiger partial charge in [0.05, 0.1) is 37.1 Å². The summed E-state index contributed by atoms with van der Waals surface area (Å²) in [7, 11) is -3.42. The van der Waals surface area contributed by atoms with Crippen LogP contribution in [0.1, 0.15) is 0 Å². The van der Waals surface area contributed by atoms with Crippen LogP contribution in [-0.2, 0) is 17.1 Å². The fourth-order valence-corrected chi connectivity index (χ4v) is 19.0. The Kier molecular flexibility index (Phi) is 9.48. The Morgan fingerprint density at radius 3 is 0.938 bits per heavy atom. The summed E-state index contributed by atoms with van der Waals surface area (Å²) in [6.45, 7) is 7.46. The molecular formula is C28H31MnP2Si+. The summed E-state index contributed by atoms with van der Waals surface area (Å²) in [5, 5.41) is 6.03. The summed E-state index contributed by atoms with van der Waals surface area (Å²) in [6, 6.07) is 44.6. The zero-order chi connectivity index (χ0) is 21.5. The van der Waals surface area contributed by atoms with Crippen molar-refractivity contribution in [3.05, 3.63) is 128 Å². The zero-order valence-electron chi connectivity index (χ0n) is 18.5. The zero-order valence-corrected chi connectivity index (χ0v) is 22.7. The summed E-state index contributed by atoms with van der Waals surface area (Å²) < 4.78 is 0. The Hall–Kier alpha value is -1.52. The van der Waals surface area contributed by atoms with Gasteiger partial charge in [-0.05, 0) is 56.6 Å².